The Hall–Kier alpha value is -2.78. The molecular weight excluding hydrogens is 589 g/mol. The van der Waals surface area contributed by atoms with Gasteiger partial charge in [0.2, 0.25) is 0 Å². The van der Waals surface area contributed by atoms with Gasteiger partial charge in [0.15, 0.2) is 11.5 Å². The number of carbonyl (C=O) groups is 3. The van der Waals surface area contributed by atoms with E-state index in [4.69, 9.17) is 32.7 Å². The van der Waals surface area contributed by atoms with Gasteiger partial charge in [-0.15, -0.1) is 0 Å². The van der Waals surface area contributed by atoms with E-state index in [2.05, 4.69) is 15.9 Å². The number of benzene rings is 3. The molecular formula is C26H18BrCl2NO5S. The van der Waals surface area contributed by atoms with Gasteiger partial charge in [-0.25, -0.2) is 4.79 Å². The molecule has 36 heavy (non-hydrogen) atoms. The average molecular weight is 607 g/mol. The molecule has 4 rings (SSSR count). The minimum Gasteiger partial charge on any atom is -0.490 e. The van der Waals surface area contributed by atoms with Crippen molar-refractivity contribution in [2.24, 2.45) is 0 Å². The monoisotopic (exact) mass is 605 g/mol. The van der Waals surface area contributed by atoms with E-state index in [1.54, 1.807) is 73.7 Å². The maximum atomic E-state index is 13.0. The molecule has 0 spiro atoms. The van der Waals surface area contributed by atoms with Crippen LogP contribution in [-0.4, -0.2) is 28.6 Å². The summed E-state index contributed by atoms with van der Waals surface area (Å²) in [5.74, 6) is -0.425. The number of hydrogen-bond donors (Lipinski definition) is 0. The number of rotatable bonds is 7. The van der Waals surface area contributed by atoms with E-state index in [0.717, 1.165) is 16.7 Å². The summed E-state index contributed by atoms with van der Waals surface area (Å²) in [6.45, 7) is 2.20. The number of halogens is 3. The largest absolute Gasteiger partial charge is 0.490 e. The second-order valence-corrected chi connectivity index (χ2v) is 10.2. The van der Waals surface area contributed by atoms with Crippen molar-refractivity contribution in [1.82, 2.24) is 4.90 Å². The highest BCUT2D eigenvalue weighted by Gasteiger charge is 2.35. The smallest absolute Gasteiger partial charge is 0.343 e. The highest BCUT2D eigenvalue weighted by Crippen LogP contribution is 2.40. The highest BCUT2D eigenvalue weighted by atomic mass is 79.9. The Balaban J connectivity index is 1.58. The zero-order valence-electron chi connectivity index (χ0n) is 18.8. The standard InChI is InChI=1S/C26H18BrCl2NO5S/c1-2-34-21-12-16(10-18(27)23(21)35-25(32)17-6-4-3-5-7-17)13-22-24(31)30(26(33)36-22)14-15-8-9-19(28)20(29)11-15/h3-13H,2,14H2,1H3/b22-13-. The van der Waals surface area contributed by atoms with Gasteiger partial charge in [0.05, 0.1) is 38.1 Å². The summed E-state index contributed by atoms with van der Waals surface area (Å²) in [5, 5.41) is 0.343. The van der Waals surface area contributed by atoms with Crippen molar-refractivity contribution in [3.8, 4) is 11.5 Å². The van der Waals surface area contributed by atoms with E-state index in [0.29, 0.717) is 43.6 Å². The molecule has 1 fully saturated rings. The Morgan fingerprint density at radius 1 is 1.06 bits per heavy atom. The van der Waals surface area contributed by atoms with Gasteiger partial charge < -0.3 is 9.47 Å². The summed E-state index contributed by atoms with van der Waals surface area (Å²) in [7, 11) is 0. The normalized spacial score (nSPS) is 14.4. The fourth-order valence-corrected chi connectivity index (χ4v) is 5.07. The third kappa shape index (κ3) is 5.95. The van der Waals surface area contributed by atoms with Crippen LogP contribution in [0.5, 0.6) is 11.5 Å². The lowest BCUT2D eigenvalue weighted by molar-refractivity contribution is -0.123. The third-order valence-electron chi connectivity index (χ3n) is 5.03. The van der Waals surface area contributed by atoms with Crippen LogP contribution >= 0.6 is 50.9 Å². The number of ether oxygens (including phenoxy) is 2. The van der Waals surface area contributed by atoms with Crippen LogP contribution in [0.1, 0.15) is 28.4 Å². The van der Waals surface area contributed by atoms with Gasteiger partial charge in [-0.1, -0.05) is 47.5 Å². The first-order chi connectivity index (χ1) is 17.3. The Bertz CT molecular complexity index is 1380. The molecule has 0 aliphatic carbocycles. The lowest BCUT2D eigenvalue weighted by atomic mass is 10.1. The van der Waals surface area contributed by atoms with E-state index in [9.17, 15) is 14.4 Å². The second kappa shape index (κ2) is 11.5. The predicted octanol–water partition coefficient (Wildman–Crippen LogP) is 7.61. The molecule has 0 atom stereocenters. The molecule has 6 nitrogen and oxygen atoms in total. The predicted molar refractivity (Wildman–Crippen MR) is 145 cm³/mol. The molecule has 184 valence electrons. The summed E-state index contributed by atoms with van der Waals surface area (Å²) < 4.78 is 11.8. The van der Waals surface area contributed by atoms with Gasteiger partial charge >= 0.3 is 5.97 Å². The Kier molecular flexibility index (Phi) is 8.41. The number of nitrogens with zero attached hydrogens (tertiary/aromatic N) is 1. The summed E-state index contributed by atoms with van der Waals surface area (Å²) in [4.78, 5) is 39.5. The first kappa shape index (κ1) is 26.3. The molecule has 1 aliphatic heterocycles. The SMILES string of the molecule is CCOc1cc(/C=C2\SC(=O)N(Cc3ccc(Cl)c(Cl)c3)C2=O)cc(Br)c1OC(=O)c1ccccc1. The second-order valence-electron chi connectivity index (χ2n) is 7.53. The van der Waals surface area contributed by atoms with Gasteiger partial charge in [-0.2, -0.15) is 0 Å². The lowest BCUT2D eigenvalue weighted by Gasteiger charge is -2.14. The molecule has 2 amide bonds. The average Bonchev–Trinajstić information content (AvgIpc) is 3.11. The van der Waals surface area contributed by atoms with Crippen molar-refractivity contribution < 1.29 is 23.9 Å². The lowest BCUT2D eigenvalue weighted by Crippen LogP contribution is -2.27. The molecule has 0 radical (unpaired) electrons. The number of amides is 2. The van der Waals surface area contributed by atoms with Crippen LogP contribution < -0.4 is 9.47 Å². The molecule has 3 aromatic carbocycles. The molecule has 0 unspecified atom stereocenters. The number of imide groups is 1. The summed E-state index contributed by atoms with van der Waals surface area (Å²) in [5.41, 5.74) is 1.66. The topological polar surface area (TPSA) is 72.9 Å². The molecule has 0 bridgehead atoms. The number of hydrogen-bond acceptors (Lipinski definition) is 6. The molecule has 1 aliphatic rings. The molecule has 1 heterocycles. The number of thioether (sulfide) groups is 1. The van der Waals surface area contributed by atoms with Crippen LogP contribution in [0.25, 0.3) is 6.08 Å². The van der Waals surface area contributed by atoms with Gasteiger partial charge in [0.1, 0.15) is 0 Å². The summed E-state index contributed by atoms with van der Waals surface area (Å²) in [6, 6.07) is 16.9. The van der Waals surface area contributed by atoms with Crippen molar-refractivity contribution in [2.45, 2.75) is 13.5 Å². The van der Waals surface area contributed by atoms with E-state index in [1.807, 2.05) is 0 Å². The van der Waals surface area contributed by atoms with Crippen LogP contribution in [-0.2, 0) is 11.3 Å². The van der Waals surface area contributed by atoms with Crippen molar-refractivity contribution in [2.75, 3.05) is 6.61 Å². The van der Waals surface area contributed by atoms with Gasteiger partial charge in [-0.3, -0.25) is 14.5 Å². The van der Waals surface area contributed by atoms with E-state index in [-0.39, 0.29) is 17.2 Å². The third-order valence-corrected chi connectivity index (χ3v) is 7.27. The molecule has 3 aromatic rings. The Labute approximate surface area is 230 Å². The van der Waals surface area contributed by atoms with Crippen molar-refractivity contribution in [1.29, 1.82) is 0 Å². The minimum atomic E-state index is -0.534. The van der Waals surface area contributed by atoms with Crippen molar-refractivity contribution >= 4 is 74.1 Å². The van der Waals surface area contributed by atoms with Crippen LogP contribution in [0, 0.1) is 0 Å². The first-order valence-corrected chi connectivity index (χ1v) is 13.1. The number of carbonyl (C=O) groups excluding carboxylic acids is 3. The van der Waals surface area contributed by atoms with Gasteiger partial charge in [0.25, 0.3) is 11.1 Å². The van der Waals surface area contributed by atoms with Crippen LogP contribution in [0.15, 0.2) is 70.0 Å². The Morgan fingerprint density at radius 2 is 1.81 bits per heavy atom. The molecule has 0 aromatic heterocycles. The molecule has 1 saturated heterocycles. The fraction of sp³-hybridized carbons (Fsp3) is 0.115. The van der Waals surface area contributed by atoms with E-state index >= 15 is 0 Å². The summed E-state index contributed by atoms with van der Waals surface area (Å²) in [6.07, 6.45) is 1.59. The highest BCUT2D eigenvalue weighted by molar-refractivity contribution is 9.10. The van der Waals surface area contributed by atoms with Crippen LogP contribution in [0.3, 0.4) is 0 Å². The quantitative estimate of drug-likeness (QED) is 0.157. The molecule has 10 heteroatoms. The zero-order chi connectivity index (χ0) is 25.8. The maximum absolute atomic E-state index is 13.0. The Morgan fingerprint density at radius 3 is 2.50 bits per heavy atom. The first-order valence-electron chi connectivity index (χ1n) is 10.7. The minimum absolute atomic E-state index is 0.0706. The zero-order valence-corrected chi connectivity index (χ0v) is 22.7. The van der Waals surface area contributed by atoms with E-state index in [1.165, 1.54) is 0 Å². The summed E-state index contributed by atoms with van der Waals surface area (Å²) >= 11 is 16.3. The fourth-order valence-electron chi connectivity index (χ4n) is 3.37. The van der Waals surface area contributed by atoms with Gasteiger partial charge in [0, 0.05) is 0 Å². The maximum Gasteiger partial charge on any atom is 0.343 e. The molecule has 0 N–H and O–H groups in total. The van der Waals surface area contributed by atoms with Crippen LogP contribution in [0.4, 0.5) is 4.79 Å². The number of esters is 1. The van der Waals surface area contributed by atoms with E-state index < -0.39 is 17.1 Å². The van der Waals surface area contributed by atoms with Crippen molar-refractivity contribution in [3.05, 3.63) is 96.8 Å². The van der Waals surface area contributed by atoms with Crippen molar-refractivity contribution in [3.63, 3.8) is 0 Å². The van der Waals surface area contributed by atoms with Crippen LogP contribution in [0.2, 0.25) is 10.0 Å². The molecule has 0 saturated carbocycles. The van der Waals surface area contributed by atoms with Gasteiger partial charge in [-0.05, 0) is 88.2 Å².